The fourth-order valence-electron chi connectivity index (χ4n) is 6.57. The lowest BCUT2D eigenvalue weighted by Crippen LogP contribution is -2.71. The molecule has 3 N–H and O–H groups in total. The van der Waals surface area contributed by atoms with Gasteiger partial charge in [0.25, 0.3) is 11.8 Å². The minimum Gasteiger partial charge on any atom is -0.477 e. The summed E-state index contributed by atoms with van der Waals surface area (Å²) in [6, 6.07) is 27.9. The summed E-state index contributed by atoms with van der Waals surface area (Å²) in [5.41, 5.74) is 1.26. The molecule has 300 valence electrons. The maximum atomic E-state index is 13.8. The van der Waals surface area contributed by atoms with E-state index in [0.717, 1.165) is 32.9 Å². The molecule has 15 nitrogen and oxygen atoms in total. The van der Waals surface area contributed by atoms with Crippen LogP contribution in [0.5, 0.6) is 0 Å². The summed E-state index contributed by atoms with van der Waals surface area (Å²) in [6.45, 7) is -2.14. The number of thioether (sulfide) groups is 2. The predicted molar refractivity (Wildman–Crippen MR) is 215 cm³/mol. The van der Waals surface area contributed by atoms with E-state index < -0.39 is 47.1 Å². The Balaban J connectivity index is 1.12. The molecule has 0 bridgehead atoms. The van der Waals surface area contributed by atoms with E-state index in [0.29, 0.717) is 29.0 Å². The van der Waals surface area contributed by atoms with Crippen LogP contribution in [0.1, 0.15) is 22.4 Å². The van der Waals surface area contributed by atoms with Crippen LogP contribution in [0.4, 0.5) is 13.9 Å². The highest BCUT2D eigenvalue weighted by atomic mass is 32.2. The second-order valence-corrected chi connectivity index (χ2v) is 16.1. The number of anilines is 1. The number of β-lactam (4-membered cyclic amide) rings is 1. The number of oxime groups is 1. The molecule has 2 amide bonds. The summed E-state index contributed by atoms with van der Waals surface area (Å²) in [5, 5.41) is 33.1. The first-order valence-corrected chi connectivity index (χ1v) is 20.7. The minimum absolute atomic E-state index is 0.0907. The number of carboxylic acid groups (broad SMARTS) is 1. The largest absolute Gasteiger partial charge is 0.477 e. The molecule has 7 rings (SSSR count). The maximum absolute atomic E-state index is 13.8. The van der Waals surface area contributed by atoms with Gasteiger partial charge in [0.05, 0.1) is 6.54 Å². The van der Waals surface area contributed by atoms with E-state index in [1.165, 1.54) is 28.9 Å². The fourth-order valence-corrected chi connectivity index (χ4v) is 9.71. The number of alkyl halides is 2. The highest BCUT2D eigenvalue weighted by molar-refractivity contribution is 8.01. The third-order valence-corrected chi connectivity index (χ3v) is 12.4. The van der Waals surface area contributed by atoms with Crippen molar-refractivity contribution in [2.45, 2.75) is 35.3 Å². The van der Waals surface area contributed by atoms with Gasteiger partial charge in [-0.2, -0.15) is 8.78 Å². The van der Waals surface area contributed by atoms with Crippen LogP contribution in [0.3, 0.4) is 0 Å². The van der Waals surface area contributed by atoms with Crippen LogP contribution >= 0.6 is 34.9 Å². The number of likely N-dealkylation sites (N-methyl/N-ethyl adjacent to an activating group) is 1. The number of tetrazole rings is 1. The van der Waals surface area contributed by atoms with Crippen molar-refractivity contribution in [1.82, 2.24) is 40.3 Å². The highest BCUT2D eigenvalue weighted by Gasteiger charge is 2.54. The number of nitrogens with one attached hydrogen (secondary N) is 2. The lowest BCUT2D eigenvalue weighted by Gasteiger charge is -2.49. The summed E-state index contributed by atoms with van der Waals surface area (Å²) in [6.07, 6.45) is 0. The number of nitrogens with zero attached hydrogens (tertiary/aromatic N) is 8. The molecule has 5 aromatic rings. The Morgan fingerprint density at radius 2 is 1.66 bits per heavy atom. The number of carbonyl (C=O) groups is 3. The number of aliphatic carboxylic acids is 1. The molecule has 2 aliphatic rings. The fraction of sp³-hybridized carbons (Fsp3) is 0.263. The van der Waals surface area contributed by atoms with Crippen molar-refractivity contribution in [1.29, 1.82) is 0 Å². The van der Waals surface area contributed by atoms with Crippen molar-refractivity contribution in [3.63, 3.8) is 0 Å². The molecule has 1 saturated heterocycles. The van der Waals surface area contributed by atoms with E-state index in [2.05, 4.69) is 41.1 Å². The third kappa shape index (κ3) is 8.45. The van der Waals surface area contributed by atoms with Crippen molar-refractivity contribution >= 4 is 63.5 Å². The van der Waals surface area contributed by atoms with Crippen LogP contribution in [0, 0.1) is 0 Å². The second kappa shape index (κ2) is 17.8. The average Bonchev–Trinajstić information content (AvgIpc) is 3.90. The van der Waals surface area contributed by atoms with Gasteiger partial charge in [-0.25, -0.2) is 14.5 Å². The number of carbonyl (C=O) groups excluding carboxylic acids is 2. The van der Waals surface area contributed by atoms with Crippen LogP contribution in [0.25, 0.3) is 0 Å². The lowest BCUT2D eigenvalue weighted by atomic mass is 9.77. The molecule has 3 aromatic carbocycles. The normalized spacial score (nSPS) is 17.0. The smallest absolute Gasteiger partial charge is 0.407 e. The van der Waals surface area contributed by atoms with Gasteiger partial charge in [0.15, 0.2) is 10.8 Å². The van der Waals surface area contributed by atoms with Crippen LogP contribution in [-0.2, 0) is 31.3 Å². The highest BCUT2D eigenvalue weighted by Crippen LogP contribution is 2.43. The first kappa shape index (κ1) is 40.5. The van der Waals surface area contributed by atoms with E-state index in [4.69, 9.17) is 0 Å². The van der Waals surface area contributed by atoms with Crippen LogP contribution in [0.2, 0.25) is 0 Å². The summed E-state index contributed by atoms with van der Waals surface area (Å²) in [4.78, 5) is 51.9. The first-order chi connectivity index (χ1) is 28.1. The van der Waals surface area contributed by atoms with Gasteiger partial charge < -0.3 is 25.5 Å². The molecule has 1 fully saturated rings. The molecule has 0 aliphatic carbocycles. The van der Waals surface area contributed by atoms with Gasteiger partial charge in [-0.1, -0.05) is 108 Å². The number of aromatic nitrogens is 5. The average molecular weight is 847 g/mol. The number of hydrogen-bond donors (Lipinski definition) is 3. The molecule has 0 spiro atoms. The van der Waals surface area contributed by atoms with Gasteiger partial charge in [-0.3, -0.25) is 14.5 Å². The summed E-state index contributed by atoms with van der Waals surface area (Å²) in [5.74, 6) is -2.57. The molecule has 4 heterocycles. The number of hydrogen-bond acceptors (Lipinski definition) is 14. The number of carboxylic acids is 1. The monoisotopic (exact) mass is 846 g/mol. The predicted octanol–water partition coefficient (Wildman–Crippen LogP) is 4.57. The van der Waals surface area contributed by atoms with E-state index in [1.54, 1.807) is 4.68 Å². The Morgan fingerprint density at radius 1 is 1.03 bits per heavy atom. The summed E-state index contributed by atoms with van der Waals surface area (Å²) >= 11 is 3.62. The molecule has 2 atom stereocenters. The molecule has 1 unspecified atom stereocenters. The zero-order valence-electron chi connectivity index (χ0n) is 30.9. The van der Waals surface area contributed by atoms with E-state index in [1.807, 2.05) is 110 Å². The summed E-state index contributed by atoms with van der Waals surface area (Å²) < 4.78 is 28.3. The third-order valence-electron chi connectivity index (χ3n) is 9.27. The Labute approximate surface area is 343 Å². The van der Waals surface area contributed by atoms with Crippen LogP contribution in [0.15, 0.2) is 118 Å². The van der Waals surface area contributed by atoms with Gasteiger partial charge in [0.1, 0.15) is 28.3 Å². The molecule has 58 heavy (non-hydrogen) atoms. The standard InChI is InChI=1S/C38H36F2N10O5S3/c1-48(2)18-19-49-37(44-46-47-49)58-21-23-20-56-33-29(32(52)50(33)30(23)34(53)54)42-31(51)28(45-55-35(39)40)27-22-57-36(41-27)43-38(24-12-6-3-7-13-24,25-14-8-4-9-15-25)26-16-10-5-11-17-26/h3-17,22,29,33,35H,18-21H2,1-2H3,(H,41,43)(H,42,51)(H,53,54)/t29?,33-/m0/s1. The molecule has 2 aromatic heterocycles. The van der Waals surface area contributed by atoms with Crippen LogP contribution < -0.4 is 10.6 Å². The van der Waals surface area contributed by atoms with Crippen molar-refractivity contribution in [2.24, 2.45) is 5.16 Å². The minimum atomic E-state index is -3.35. The number of fused-ring (bicyclic) bond motifs is 1. The molecule has 0 radical (unpaired) electrons. The number of halogens is 2. The zero-order chi connectivity index (χ0) is 40.8. The lowest BCUT2D eigenvalue weighted by molar-refractivity contribution is -0.150. The quantitative estimate of drug-likeness (QED) is 0.0390. The van der Waals surface area contributed by atoms with Gasteiger partial charge in [-0.05, 0) is 46.8 Å². The van der Waals surface area contributed by atoms with Crippen LogP contribution in [-0.4, -0.2) is 114 Å². The van der Waals surface area contributed by atoms with E-state index in [9.17, 15) is 28.3 Å². The Morgan fingerprint density at radius 3 is 2.22 bits per heavy atom. The van der Waals surface area contributed by atoms with Gasteiger partial charge in [-0.15, -0.1) is 28.2 Å². The zero-order valence-corrected chi connectivity index (χ0v) is 33.4. The van der Waals surface area contributed by atoms with Crippen molar-refractivity contribution in [3.05, 3.63) is 130 Å². The summed E-state index contributed by atoms with van der Waals surface area (Å²) in [7, 11) is 3.84. The number of benzene rings is 3. The number of amides is 2. The van der Waals surface area contributed by atoms with Gasteiger partial charge in [0, 0.05) is 23.4 Å². The SMILES string of the molecule is CN(C)CCn1nnnc1SCC1=C(C(=O)O)N2C(=O)C(NC(=O)C(=NOC(F)F)c3csc(NC(c4ccccc4)(c4ccccc4)c4ccccc4)n3)[C@@H]2SC1. The Bertz CT molecular complexity index is 2220. The first-order valence-electron chi connectivity index (χ1n) is 17.7. The number of thiazole rings is 1. The molecular formula is C38H36F2N10O5S3. The Hall–Kier alpha value is -5.70. The van der Waals surface area contributed by atoms with Gasteiger partial charge >= 0.3 is 12.6 Å². The van der Waals surface area contributed by atoms with E-state index in [-0.39, 0.29) is 22.9 Å². The van der Waals surface area contributed by atoms with E-state index >= 15 is 0 Å². The number of rotatable bonds is 17. The molecule has 0 saturated carbocycles. The topological polar surface area (TPSA) is 180 Å². The van der Waals surface area contributed by atoms with Crippen molar-refractivity contribution in [3.8, 4) is 0 Å². The molecular weight excluding hydrogens is 811 g/mol. The molecule has 20 heteroatoms. The molecule has 2 aliphatic heterocycles. The van der Waals surface area contributed by atoms with Gasteiger partial charge in [0.2, 0.25) is 5.16 Å². The maximum Gasteiger partial charge on any atom is 0.407 e. The second-order valence-electron chi connectivity index (χ2n) is 13.2. The van der Waals surface area contributed by atoms with Crippen molar-refractivity contribution < 1.29 is 33.1 Å². The van der Waals surface area contributed by atoms with Crippen molar-refractivity contribution in [2.75, 3.05) is 37.5 Å². The Kier molecular flexibility index (Phi) is 12.5.